The van der Waals surface area contributed by atoms with Crippen LogP contribution in [-0.4, -0.2) is 47.1 Å². The van der Waals surface area contributed by atoms with Crippen molar-refractivity contribution >= 4 is 6.09 Å². The molecule has 0 aromatic heterocycles. The van der Waals surface area contributed by atoms with Crippen LogP contribution in [-0.2, 0) is 4.74 Å². The normalized spacial score (nSPS) is 27.4. The predicted molar refractivity (Wildman–Crippen MR) is 57.9 cm³/mol. The number of rotatable bonds is 0. The van der Waals surface area contributed by atoms with Crippen molar-refractivity contribution in [3.63, 3.8) is 0 Å². The van der Waals surface area contributed by atoms with Crippen molar-refractivity contribution in [1.29, 1.82) is 0 Å². The number of nitrogens with zero attached hydrogens (tertiary/aromatic N) is 1. The molecule has 0 spiro atoms. The Morgan fingerprint density at radius 1 is 1.50 bits per heavy atom. The Hall–Kier alpha value is -0.840. The molecule has 1 aliphatic rings. The van der Waals surface area contributed by atoms with E-state index >= 15 is 0 Å². The second kappa shape index (κ2) is 4.99. The highest BCUT2D eigenvalue weighted by Gasteiger charge is 2.30. The van der Waals surface area contributed by atoms with Crippen LogP contribution in [0.2, 0.25) is 0 Å². The molecule has 0 bridgehead atoms. The van der Waals surface area contributed by atoms with Gasteiger partial charge in [-0.3, -0.25) is 0 Å². The molecule has 0 aliphatic carbocycles. The van der Waals surface area contributed by atoms with E-state index in [4.69, 9.17) is 4.74 Å². The SMILES string of the molecule is CC(C)(C)OC(=O)N1CCCC(F)C(O)C1. The molecule has 94 valence electrons. The Balaban J connectivity index is 2.56. The zero-order valence-electron chi connectivity index (χ0n) is 10.1. The number of alkyl halides is 1. The molecule has 2 unspecified atom stereocenters. The molecule has 1 saturated heterocycles. The maximum atomic E-state index is 13.2. The molecule has 16 heavy (non-hydrogen) atoms. The van der Waals surface area contributed by atoms with Gasteiger partial charge in [0.2, 0.25) is 0 Å². The lowest BCUT2D eigenvalue weighted by atomic mass is 10.1. The lowest BCUT2D eigenvalue weighted by Crippen LogP contribution is -2.41. The first-order valence-corrected chi connectivity index (χ1v) is 5.59. The van der Waals surface area contributed by atoms with Crippen LogP contribution in [0.15, 0.2) is 0 Å². The third kappa shape index (κ3) is 3.96. The van der Waals surface area contributed by atoms with E-state index in [2.05, 4.69) is 0 Å². The van der Waals surface area contributed by atoms with Gasteiger partial charge in [-0.15, -0.1) is 0 Å². The number of aliphatic hydroxyl groups excluding tert-OH is 1. The summed E-state index contributed by atoms with van der Waals surface area (Å²) in [5.74, 6) is 0. The van der Waals surface area contributed by atoms with Crippen LogP contribution in [0, 0.1) is 0 Å². The fourth-order valence-electron chi connectivity index (χ4n) is 1.59. The Kier molecular flexibility index (Phi) is 4.13. The number of carbonyl (C=O) groups excluding carboxylic acids is 1. The number of β-amino-alcohol motifs (C(OH)–C–C–N with tert-alkyl or cyclic N) is 1. The molecule has 0 radical (unpaired) electrons. The molecule has 0 aromatic carbocycles. The third-order valence-corrected chi connectivity index (χ3v) is 2.38. The Labute approximate surface area is 95.4 Å². The van der Waals surface area contributed by atoms with E-state index in [0.717, 1.165) is 0 Å². The lowest BCUT2D eigenvalue weighted by molar-refractivity contribution is 0.0104. The highest BCUT2D eigenvalue weighted by atomic mass is 19.1. The van der Waals surface area contributed by atoms with Crippen LogP contribution >= 0.6 is 0 Å². The maximum absolute atomic E-state index is 13.2. The van der Waals surface area contributed by atoms with Crippen molar-refractivity contribution in [3.8, 4) is 0 Å². The maximum Gasteiger partial charge on any atom is 0.410 e. The molecule has 2 atom stereocenters. The highest BCUT2D eigenvalue weighted by Crippen LogP contribution is 2.17. The summed E-state index contributed by atoms with van der Waals surface area (Å²) in [7, 11) is 0. The summed E-state index contributed by atoms with van der Waals surface area (Å²) in [6.45, 7) is 5.77. The van der Waals surface area contributed by atoms with Gasteiger partial charge in [-0.2, -0.15) is 0 Å². The quantitative estimate of drug-likeness (QED) is 0.693. The van der Waals surface area contributed by atoms with Gasteiger partial charge in [0.25, 0.3) is 0 Å². The average Bonchev–Trinajstić information content (AvgIpc) is 2.27. The third-order valence-electron chi connectivity index (χ3n) is 2.38. The molecule has 1 amide bonds. The van der Waals surface area contributed by atoms with Gasteiger partial charge in [-0.25, -0.2) is 9.18 Å². The minimum Gasteiger partial charge on any atom is -0.444 e. The summed E-state index contributed by atoms with van der Waals surface area (Å²) in [5.41, 5.74) is -0.566. The van der Waals surface area contributed by atoms with Crippen LogP contribution in [0.4, 0.5) is 9.18 Å². The van der Waals surface area contributed by atoms with Crippen molar-refractivity contribution in [2.45, 2.75) is 51.5 Å². The number of hydrogen-bond donors (Lipinski definition) is 1. The average molecular weight is 233 g/mol. The van der Waals surface area contributed by atoms with Crippen molar-refractivity contribution in [3.05, 3.63) is 0 Å². The predicted octanol–water partition coefficient (Wildman–Crippen LogP) is 1.72. The molecule has 5 heteroatoms. The summed E-state index contributed by atoms with van der Waals surface area (Å²) in [5, 5.41) is 9.45. The van der Waals surface area contributed by atoms with Gasteiger partial charge in [-0.1, -0.05) is 0 Å². The molecule has 1 rings (SSSR count). The van der Waals surface area contributed by atoms with Crippen molar-refractivity contribution in [1.82, 2.24) is 4.90 Å². The van der Waals surface area contributed by atoms with Gasteiger partial charge in [0.05, 0.1) is 6.54 Å². The second-order valence-corrected chi connectivity index (χ2v) is 5.15. The van der Waals surface area contributed by atoms with Gasteiger partial charge in [0.1, 0.15) is 17.9 Å². The Bertz CT molecular complexity index is 252. The van der Waals surface area contributed by atoms with E-state index in [-0.39, 0.29) is 6.54 Å². The molecular weight excluding hydrogens is 213 g/mol. The minimum absolute atomic E-state index is 0.0100. The van der Waals surface area contributed by atoms with E-state index < -0.39 is 24.0 Å². The number of halogens is 1. The molecule has 1 N–H and O–H groups in total. The number of likely N-dealkylation sites (tertiary alicyclic amines) is 1. The summed E-state index contributed by atoms with van der Waals surface area (Å²) in [6.07, 6.45) is -1.99. The summed E-state index contributed by atoms with van der Waals surface area (Å²) >= 11 is 0. The van der Waals surface area contributed by atoms with Crippen molar-refractivity contribution in [2.24, 2.45) is 0 Å². The smallest absolute Gasteiger partial charge is 0.410 e. The van der Waals surface area contributed by atoms with Crippen LogP contribution in [0.5, 0.6) is 0 Å². The highest BCUT2D eigenvalue weighted by molar-refractivity contribution is 5.68. The van der Waals surface area contributed by atoms with Gasteiger partial charge < -0.3 is 14.7 Å². The standard InChI is InChI=1S/C11H20FNO3/c1-11(2,3)16-10(15)13-6-4-5-8(12)9(14)7-13/h8-9,14H,4-7H2,1-3H3. The number of ether oxygens (including phenoxy) is 1. The number of amides is 1. The number of aliphatic hydroxyl groups is 1. The van der Waals surface area contributed by atoms with Crippen LogP contribution in [0.25, 0.3) is 0 Å². The van der Waals surface area contributed by atoms with Crippen LogP contribution in [0.3, 0.4) is 0 Å². The second-order valence-electron chi connectivity index (χ2n) is 5.15. The largest absolute Gasteiger partial charge is 0.444 e. The van der Waals surface area contributed by atoms with E-state index in [9.17, 15) is 14.3 Å². The van der Waals surface area contributed by atoms with Crippen molar-refractivity contribution in [2.75, 3.05) is 13.1 Å². The summed E-state index contributed by atoms with van der Waals surface area (Å²) in [6, 6.07) is 0. The first-order valence-electron chi connectivity index (χ1n) is 5.59. The van der Waals surface area contributed by atoms with Crippen molar-refractivity contribution < 1.29 is 19.0 Å². The number of hydrogen-bond acceptors (Lipinski definition) is 3. The molecule has 0 saturated carbocycles. The van der Waals surface area contributed by atoms with Gasteiger partial charge in [0.15, 0.2) is 0 Å². The van der Waals surface area contributed by atoms with Crippen LogP contribution < -0.4 is 0 Å². The zero-order chi connectivity index (χ0) is 12.3. The summed E-state index contributed by atoms with van der Waals surface area (Å²) < 4.78 is 18.4. The topological polar surface area (TPSA) is 49.8 Å². The lowest BCUT2D eigenvalue weighted by Gasteiger charge is -2.27. The van der Waals surface area contributed by atoms with E-state index in [1.807, 2.05) is 0 Å². The van der Waals surface area contributed by atoms with Gasteiger partial charge in [0, 0.05) is 6.54 Å². The number of carbonyl (C=O) groups is 1. The van der Waals surface area contributed by atoms with E-state index in [1.54, 1.807) is 20.8 Å². The van der Waals surface area contributed by atoms with E-state index in [0.29, 0.717) is 19.4 Å². The van der Waals surface area contributed by atoms with Gasteiger partial charge >= 0.3 is 6.09 Å². The summed E-state index contributed by atoms with van der Waals surface area (Å²) in [4.78, 5) is 13.1. The fourth-order valence-corrected chi connectivity index (χ4v) is 1.59. The van der Waals surface area contributed by atoms with Crippen LogP contribution in [0.1, 0.15) is 33.6 Å². The minimum atomic E-state index is -1.24. The first kappa shape index (κ1) is 13.2. The fraction of sp³-hybridized carbons (Fsp3) is 0.909. The Morgan fingerprint density at radius 2 is 2.12 bits per heavy atom. The molecular formula is C11H20FNO3. The monoisotopic (exact) mass is 233 g/mol. The Morgan fingerprint density at radius 3 is 2.69 bits per heavy atom. The molecule has 0 aromatic rings. The van der Waals surface area contributed by atoms with E-state index in [1.165, 1.54) is 4.90 Å². The molecule has 4 nitrogen and oxygen atoms in total. The molecule has 1 aliphatic heterocycles. The molecule has 1 heterocycles. The zero-order valence-corrected chi connectivity index (χ0v) is 10.1. The van der Waals surface area contributed by atoms with Gasteiger partial charge in [-0.05, 0) is 33.6 Å². The first-order chi connectivity index (χ1) is 7.29. The molecule has 1 fully saturated rings.